The quantitative estimate of drug-likeness (QED) is 0.757. The van der Waals surface area contributed by atoms with Gasteiger partial charge in [-0.05, 0) is 24.5 Å². The van der Waals surface area contributed by atoms with Gasteiger partial charge in [0.2, 0.25) is 6.41 Å². The topological polar surface area (TPSA) is 49.8 Å². The smallest absolute Gasteiger partial charge is 0.210 e. The Labute approximate surface area is 108 Å². The molecule has 1 N–H and O–H groups in total. The van der Waals surface area contributed by atoms with Crippen molar-refractivity contribution in [2.24, 2.45) is 5.92 Å². The predicted molar refractivity (Wildman–Crippen MR) is 70.6 cm³/mol. The first-order valence-corrected chi connectivity index (χ1v) is 6.12. The van der Waals surface area contributed by atoms with Gasteiger partial charge in [0, 0.05) is 24.7 Å². The van der Waals surface area contributed by atoms with E-state index < -0.39 is 0 Å². The molecule has 0 atom stereocenters. The van der Waals surface area contributed by atoms with Crippen LogP contribution in [0.2, 0.25) is 0 Å². The first-order valence-electron chi connectivity index (χ1n) is 6.12. The summed E-state index contributed by atoms with van der Waals surface area (Å²) in [6.07, 6.45) is 1.83. The Morgan fingerprint density at radius 3 is 2.72 bits per heavy atom. The van der Waals surface area contributed by atoms with E-state index in [1.165, 1.54) is 0 Å². The van der Waals surface area contributed by atoms with Crippen molar-refractivity contribution in [2.45, 2.75) is 26.8 Å². The van der Waals surface area contributed by atoms with Crippen LogP contribution in [-0.4, -0.2) is 30.1 Å². The molecule has 4 nitrogen and oxygen atoms in total. The molecule has 0 spiro atoms. The van der Waals surface area contributed by atoms with E-state index in [-0.39, 0.29) is 5.75 Å². The van der Waals surface area contributed by atoms with Crippen molar-refractivity contribution >= 4 is 6.41 Å². The summed E-state index contributed by atoms with van der Waals surface area (Å²) in [5.41, 5.74) is 0.895. The van der Waals surface area contributed by atoms with Crippen molar-refractivity contribution in [1.29, 1.82) is 0 Å². The molecule has 1 amide bonds. The van der Waals surface area contributed by atoms with Crippen molar-refractivity contribution in [3.05, 3.63) is 23.8 Å². The van der Waals surface area contributed by atoms with Crippen LogP contribution in [0, 0.1) is 5.92 Å². The Kier molecular flexibility index (Phi) is 5.49. The van der Waals surface area contributed by atoms with Gasteiger partial charge in [-0.25, -0.2) is 0 Å². The Hall–Kier alpha value is -1.71. The molecule has 4 heteroatoms. The Morgan fingerprint density at radius 2 is 2.17 bits per heavy atom. The van der Waals surface area contributed by atoms with Crippen LogP contribution in [0.3, 0.4) is 0 Å². The second kappa shape index (κ2) is 6.89. The number of rotatable bonds is 7. The highest BCUT2D eigenvalue weighted by atomic mass is 16.5. The number of carbonyl (C=O) groups is 1. The minimum absolute atomic E-state index is 0.162. The average molecular weight is 251 g/mol. The Balaban J connectivity index is 2.72. The van der Waals surface area contributed by atoms with Gasteiger partial charge in [-0.3, -0.25) is 4.79 Å². The molecule has 0 saturated heterocycles. The molecule has 1 rings (SSSR count). The van der Waals surface area contributed by atoms with E-state index in [1.54, 1.807) is 30.2 Å². The minimum atomic E-state index is 0.162. The summed E-state index contributed by atoms with van der Waals surface area (Å²) in [6, 6.07) is 4.93. The molecule has 0 aliphatic rings. The number of ether oxygens (including phenoxy) is 1. The number of hydrogen-bond acceptors (Lipinski definition) is 3. The number of phenols is 1. The summed E-state index contributed by atoms with van der Waals surface area (Å²) in [5.74, 6) is 1.33. The largest absolute Gasteiger partial charge is 0.508 e. The molecule has 0 heterocycles. The fourth-order valence-electron chi connectivity index (χ4n) is 1.68. The van der Waals surface area contributed by atoms with Gasteiger partial charge >= 0.3 is 0 Å². The highest BCUT2D eigenvalue weighted by Crippen LogP contribution is 2.24. The van der Waals surface area contributed by atoms with Gasteiger partial charge in [0.1, 0.15) is 11.5 Å². The number of benzene rings is 1. The summed E-state index contributed by atoms with van der Waals surface area (Å²) >= 11 is 0. The molecule has 0 aliphatic heterocycles. The second-order valence-corrected chi connectivity index (χ2v) is 4.75. The minimum Gasteiger partial charge on any atom is -0.508 e. The molecular weight excluding hydrogens is 230 g/mol. The lowest BCUT2D eigenvalue weighted by Gasteiger charge is -2.20. The number of carbonyl (C=O) groups excluding carboxylic acids is 1. The zero-order chi connectivity index (χ0) is 13.5. The lowest BCUT2D eigenvalue weighted by atomic mass is 10.1. The highest BCUT2D eigenvalue weighted by Gasteiger charge is 2.09. The standard InChI is InChI=1S/C14H21NO3/c1-11(2)6-7-15(10-16)9-12-4-5-13(17)8-14(12)18-3/h4-5,8,10-11,17H,6-7,9H2,1-3H3. The number of methoxy groups -OCH3 is 1. The van der Waals surface area contributed by atoms with E-state index in [9.17, 15) is 9.90 Å². The maximum absolute atomic E-state index is 11.0. The normalized spacial score (nSPS) is 10.4. The fraction of sp³-hybridized carbons (Fsp3) is 0.500. The summed E-state index contributed by atoms with van der Waals surface area (Å²) in [7, 11) is 1.55. The summed E-state index contributed by atoms with van der Waals surface area (Å²) in [4.78, 5) is 12.7. The zero-order valence-corrected chi connectivity index (χ0v) is 11.2. The van der Waals surface area contributed by atoms with Crippen LogP contribution >= 0.6 is 0 Å². The third-order valence-electron chi connectivity index (χ3n) is 2.79. The molecular formula is C14H21NO3. The van der Waals surface area contributed by atoms with Crippen molar-refractivity contribution in [2.75, 3.05) is 13.7 Å². The van der Waals surface area contributed by atoms with E-state index in [4.69, 9.17) is 4.74 Å². The monoisotopic (exact) mass is 251 g/mol. The van der Waals surface area contributed by atoms with Gasteiger partial charge in [0.05, 0.1) is 7.11 Å². The molecule has 0 fully saturated rings. The zero-order valence-electron chi connectivity index (χ0n) is 11.2. The predicted octanol–water partition coefficient (Wildman–Crippen LogP) is 2.41. The molecule has 1 aromatic rings. The van der Waals surface area contributed by atoms with Crippen LogP contribution < -0.4 is 4.74 Å². The van der Waals surface area contributed by atoms with E-state index >= 15 is 0 Å². The number of aromatic hydroxyl groups is 1. The summed E-state index contributed by atoms with van der Waals surface area (Å²) < 4.78 is 5.19. The molecule has 18 heavy (non-hydrogen) atoms. The maximum atomic E-state index is 11.0. The average Bonchev–Trinajstić information content (AvgIpc) is 2.35. The van der Waals surface area contributed by atoms with E-state index in [2.05, 4.69) is 13.8 Å². The molecule has 1 aromatic carbocycles. The number of phenolic OH excluding ortho intramolecular Hbond substituents is 1. The molecule has 0 radical (unpaired) electrons. The number of amides is 1. The van der Waals surface area contributed by atoms with Gasteiger partial charge < -0.3 is 14.7 Å². The molecule has 0 saturated carbocycles. The Morgan fingerprint density at radius 1 is 1.44 bits per heavy atom. The van der Waals surface area contributed by atoms with Gasteiger partial charge in [0.25, 0.3) is 0 Å². The number of nitrogens with zero attached hydrogens (tertiary/aromatic N) is 1. The summed E-state index contributed by atoms with van der Waals surface area (Å²) in [5, 5.41) is 9.37. The van der Waals surface area contributed by atoms with Crippen LogP contribution in [0.25, 0.3) is 0 Å². The van der Waals surface area contributed by atoms with Crippen LogP contribution in [0.5, 0.6) is 11.5 Å². The molecule has 100 valence electrons. The van der Waals surface area contributed by atoms with E-state index in [1.807, 2.05) is 0 Å². The fourth-order valence-corrected chi connectivity index (χ4v) is 1.68. The van der Waals surface area contributed by atoms with Gasteiger partial charge in [-0.2, -0.15) is 0 Å². The lowest BCUT2D eigenvalue weighted by molar-refractivity contribution is -0.118. The second-order valence-electron chi connectivity index (χ2n) is 4.75. The highest BCUT2D eigenvalue weighted by molar-refractivity contribution is 5.49. The molecule has 0 aromatic heterocycles. The van der Waals surface area contributed by atoms with Gasteiger partial charge in [-0.1, -0.05) is 13.8 Å². The van der Waals surface area contributed by atoms with E-state index in [0.717, 1.165) is 24.9 Å². The van der Waals surface area contributed by atoms with Crippen LogP contribution in [0.15, 0.2) is 18.2 Å². The maximum Gasteiger partial charge on any atom is 0.210 e. The van der Waals surface area contributed by atoms with Crippen molar-refractivity contribution in [3.8, 4) is 11.5 Å². The van der Waals surface area contributed by atoms with Crippen molar-refractivity contribution in [3.63, 3.8) is 0 Å². The summed E-state index contributed by atoms with van der Waals surface area (Å²) in [6.45, 7) is 5.49. The van der Waals surface area contributed by atoms with Crippen LogP contribution in [-0.2, 0) is 11.3 Å². The first-order chi connectivity index (χ1) is 8.56. The molecule has 0 unspecified atom stereocenters. The third-order valence-corrected chi connectivity index (χ3v) is 2.79. The van der Waals surface area contributed by atoms with Crippen molar-refractivity contribution < 1.29 is 14.6 Å². The lowest BCUT2D eigenvalue weighted by Crippen LogP contribution is -2.23. The van der Waals surface area contributed by atoms with E-state index in [0.29, 0.717) is 18.2 Å². The van der Waals surface area contributed by atoms with Crippen LogP contribution in [0.1, 0.15) is 25.8 Å². The van der Waals surface area contributed by atoms with Crippen LogP contribution in [0.4, 0.5) is 0 Å². The number of hydrogen-bond donors (Lipinski definition) is 1. The molecule has 0 bridgehead atoms. The third kappa shape index (κ3) is 4.28. The molecule has 0 aliphatic carbocycles. The first kappa shape index (κ1) is 14.4. The van der Waals surface area contributed by atoms with Gasteiger partial charge in [0.15, 0.2) is 0 Å². The van der Waals surface area contributed by atoms with Gasteiger partial charge in [-0.15, -0.1) is 0 Å². The van der Waals surface area contributed by atoms with Crippen molar-refractivity contribution in [1.82, 2.24) is 4.90 Å². The SMILES string of the molecule is COc1cc(O)ccc1CN(C=O)CCC(C)C. The Bertz CT molecular complexity index is 391.